The smallest absolute Gasteiger partial charge is 0.251 e. The van der Waals surface area contributed by atoms with E-state index in [1.165, 1.54) is 6.33 Å². The first-order valence-corrected chi connectivity index (χ1v) is 10.9. The molecular formula is C25H25N7O. The van der Waals surface area contributed by atoms with Crippen molar-refractivity contribution in [2.75, 3.05) is 5.73 Å². The summed E-state index contributed by atoms with van der Waals surface area (Å²) in [6.07, 6.45) is 6.26. The molecule has 0 spiro atoms. The van der Waals surface area contributed by atoms with Crippen LogP contribution in [0.15, 0.2) is 67.0 Å². The molecule has 2 unspecified atom stereocenters. The van der Waals surface area contributed by atoms with Crippen molar-refractivity contribution < 1.29 is 4.79 Å². The molecule has 5 rings (SSSR count). The third-order valence-electron chi connectivity index (χ3n) is 6.00. The largest absolute Gasteiger partial charge is 0.383 e. The fraction of sp³-hybridized carbons (Fsp3) is 0.200. The molecular weight excluding hydrogens is 414 g/mol. The predicted octanol–water partition coefficient (Wildman–Crippen LogP) is 3.14. The number of aryl methyl sites for hydroxylation is 1. The highest BCUT2D eigenvalue weighted by molar-refractivity contribution is 5.98. The minimum Gasteiger partial charge on any atom is -0.383 e. The maximum absolute atomic E-state index is 12.5. The molecule has 5 N–H and O–H groups in total. The first-order valence-electron chi connectivity index (χ1n) is 10.9. The van der Waals surface area contributed by atoms with Gasteiger partial charge in [0.1, 0.15) is 17.8 Å². The van der Waals surface area contributed by atoms with Gasteiger partial charge in [-0.3, -0.25) is 4.79 Å². The number of benzene rings is 2. The van der Waals surface area contributed by atoms with E-state index in [-0.39, 0.29) is 18.0 Å². The Kier molecular flexibility index (Phi) is 5.35. The Labute approximate surface area is 191 Å². The number of nitrogens with two attached hydrogens (primary N) is 2. The Morgan fingerprint density at radius 1 is 1.12 bits per heavy atom. The average molecular weight is 440 g/mol. The second-order valence-electron chi connectivity index (χ2n) is 8.30. The number of rotatable bonds is 5. The van der Waals surface area contributed by atoms with E-state index in [9.17, 15) is 4.79 Å². The van der Waals surface area contributed by atoms with Crippen LogP contribution in [-0.2, 0) is 6.54 Å². The second kappa shape index (κ2) is 8.48. The van der Waals surface area contributed by atoms with Crippen LogP contribution in [0.3, 0.4) is 0 Å². The molecule has 2 aromatic heterocycles. The van der Waals surface area contributed by atoms with Crippen LogP contribution in [0.25, 0.3) is 22.3 Å². The third kappa shape index (κ3) is 3.96. The SMILES string of the molecule is Cc1ccccc1C(=O)NCc1ccc(-c2nn(C3C=CC(N)C3)c3ncnc(N)c23)cc1. The molecule has 0 aliphatic heterocycles. The van der Waals surface area contributed by atoms with E-state index < -0.39 is 0 Å². The summed E-state index contributed by atoms with van der Waals surface area (Å²) in [5.41, 5.74) is 17.2. The lowest BCUT2D eigenvalue weighted by molar-refractivity contribution is 0.0950. The lowest BCUT2D eigenvalue weighted by Gasteiger charge is -2.10. The van der Waals surface area contributed by atoms with E-state index in [0.29, 0.717) is 23.6 Å². The normalized spacial score (nSPS) is 17.5. The van der Waals surface area contributed by atoms with E-state index in [2.05, 4.69) is 21.4 Å². The number of carbonyl (C=O) groups excluding carboxylic acids is 1. The monoisotopic (exact) mass is 439 g/mol. The molecule has 4 aromatic rings. The Bertz CT molecular complexity index is 1360. The summed E-state index contributed by atoms with van der Waals surface area (Å²) in [6, 6.07) is 15.5. The number of anilines is 1. The van der Waals surface area contributed by atoms with Crippen LogP contribution in [0.2, 0.25) is 0 Å². The van der Waals surface area contributed by atoms with Crippen molar-refractivity contribution in [1.82, 2.24) is 25.1 Å². The molecule has 1 aliphatic carbocycles. The van der Waals surface area contributed by atoms with Crippen molar-refractivity contribution in [3.05, 3.63) is 83.7 Å². The summed E-state index contributed by atoms with van der Waals surface area (Å²) < 4.78 is 1.88. The molecule has 0 saturated heterocycles. The van der Waals surface area contributed by atoms with Crippen LogP contribution in [-0.4, -0.2) is 31.7 Å². The minimum atomic E-state index is -0.0883. The Hall–Kier alpha value is -4.04. The van der Waals surface area contributed by atoms with Gasteiger partial charge in [0.25, 0.3) is 5.91 Å². The predicted molar refractivity (Wildman–Crippen MR) is 128 cm³/mol. The summed E-state index contributed by atoms with van der Waals surface area (Å²) in [4.78, 5) is 21.1. The van der Waals surface area contributed by atoms with Gasteiger partial charge in [0, 0.05) is 23.7 Å². The standard InChI is InChI=1S/C25H25N7O/c1-15-4-2-3-5-20(15)25(33)28-13-16-6-8-17(9-7-16)22-21-23(27)29-14-30-24(21)32(31-22)19-11-10-18(26)12-19/h2-11,14,18-19H,12-13,26H2,1H3,(H,28,33)(H2,27,29,30). The average Bonchev–Trinajstić information content (AvgIpc) is 3.42. The molecule has 0 saturated carbocycles. The lowest BCUT2D eigenvalue weighted by atomic mass is 10.1. The Morgan fingerprint density at radius 2 is 1.91 bits per heavy atom. The van der Waals surface area contributed by atoms with Gasteiger partial charge in [0.05, 0.1) is 11.4 Å². The van der Waals surface area contributed by atoms with Crippen molar-refractivity contribution >= 4 is 22.8 Å². The molecule has 33 heavy (non-hydrogen) atoms. The lowest BCUT2D eigenvalue weighted by Crippen LogP contribution is -2.23. The summed E-state index contributed by atoms with van der Waals surface area (Å²) >= 11 is 0. The second-order valence-corrected chi connectivity index (χ2v) is 8.30. The molecule has 0 bridgehead atoms. The first-order chi connectivity index (χ1) is 16.0. The molecule has 1 amide bonds. The summed E-state index contributed by atoms with van der Waals surface area (Å²) in [5, 5.41) is 8.56. The van der Waals surface area contributed by atoms with E-state index in [0.717, 1.165) is 34.2 Å². The molecule has 8 nitrogen and oxygen atoms in total. The molecule has 2 atom stereocenters. The van der Waals surface area contributed by atoms with Crippen LogP contribution in [0.1, 0.15) is 33.9 Å². The van der Waals surface area contributed by atoms with Crippen molar-refractivity contribution in [2.24, 2.45) is 5.73 Å². The molecule has 2 heterocycles. The number of nitrogens with one attached hydrogen (secondary N) is 1. The topological polar surface area (TPSA) is 125 Å². The van der Waals surface area contributed by atoms with Crippen molar-refractivity contribution in [2.45, 2.75) is 32.0 Å². The quantitative estimate of drug-likeness (QED) is 0.410. The maximum atomic E-state index is 12.5. The van der Waals surface area contributed by atoms with Gasteiger partial charge in [0.15, 0.2) is 5.65 Å². The highest BCUT2D eigenvalue weighted by Gasteiger charge is 2.24. The molecule has 0 fully saturated rings. The van der Waals surface area contributed by atoms with Crippen LogP contribution >= 0.6 is 0 Å². The number of allylic oxidation sites excluding steroid dienone is 1. The molecule has 1 aliphatic rings. The van der Waals surface area contributed by atoms with Gasteiger partial charge in [-0.2, -0.15) is 5.10 Å². The maximum Gasteiger partial charge on any atom is 0.251 e. The van der Waals surface area contributed by atoms with Crippen LogP contribution in [0.5, 0.6) is 0 Å². The van der Waals surface area contributed by atoms with Crippen LogP contribution in [0.4, 0.5) is 5.82 Å². The zero-order chi connectivity index (χ0) is 22.9. The Morgan fingerprint density at radius 3 is 2.64 bits per heavy atom. The van der Waals surface area contributed by atoms with E-state index in [1.807, 2.05) is 66.2 Å². The molecule has 2 aromatic carbocycles. The number of aromatic nitrogens is 4. The van der Waals surface area contributed by atoms with Gasteiger partial charge in [-0.05, 0) is 30.5 Å². The van der Waals surface area contributed by atoms with E-state index >= 15 is 0 Å². The highest BCUT2D eigenvalue weighted by Crippen LogP contribution is 2.34. The van der Waals surface area contributed by atoms with Crippen molar-refractivity contribution in [3.8, 4) is 11.3 Å². The number of hydrogen-bond acceptors (Lipinski definition) is 6. The van der Waals surface area contributed by atoms with Gasteiger partial charge in [-0.25, -0.2) is 14.6 Å². The van der Waals surface area contributed by atoms with Crippen molar-refractivity contribution in [3.63, 3.8) is 0 Å². The van der Waals surface area contributed by atoms with Gasteiger partial charge >= 0.3 is 0 Å². The zero-order valence-corrected chi connectivity index (χ0v) is 18.3. The Balaban J connectivity index is 1.40. The number of fused-ring (bicyclic) bond motifs is 1. The van der Waals surface area contributed by atoms with Gasteiger partial charge in [-0.1, -0.05) is 54.6 Å². The summed E-state index contributed by atoms with van der Waals surface area (Å²) in [7, 11) is 0. The summed E-state index contributed by atoms with van der Waals surface area (Å²) in [5.74, 6) is 0.303. The highest BCUT2D eigenvalue weighted by atomic mass is 16.1. The fourth-order valence-corrected chi connectivity index (χ4v) is 4.20. The summed E-state index contributed by atoms with van der Waals surface area (Å²) in [6.45, 7) is 2.36. The van der Waals surface area contributed by atoms with Crippen molar-refractivity contribution in [1.29, 1.82) is 0 Å². The van der Waals surface area contributed by atoms with E-state index in [1.54, 1.807) is 0 Å². The number of nitrogen functional groups attached to an aromatic ring is 1. The van der Waals surface area contributed by atoms with Gasteiger partial charge in [-0.15, -0.1) is 0 Å². The zero-order valence-electron chi connectivity index (χ0n) is 18.3. The number of amides is 1. The number of carbonyl (C=O) groups is 1. The fourth-order valence-electron chi connectivity index (χ4n) is 4.20. The first kappa shape index (κ1) is 20.8. The third-order valence-corrected chi connectivity index (χ3v) is 6.00. The molecule has 0 radical (unpaired) electrons. The van der Waals surface area contributed by atoms with Gasteiger partial charge in [0.2, 0.25) is 0 Å². The van der Waals surface area contributed by atoms with Crippen LogP contribution < -0.4 is 16.8 Å². The van der Waals surface area contributed by atoms with E-state index in [4.69, 9.17) is 16.6 Å². The van der Waals surface area contributed by atoms with Crippen LogP contribution in [0, 0.1) is 6.92 Å². The molecule has 166 valence electrons. The minimum absolute atomic E-state index is 0.00560. The molecule has 8 heteroatoms. The number of nitrogens with zero attached hydrogens (tertiary/aromatic N) is 4. The number of hydrogen-bond donors (Lipinski definition) is 3. The van der Waals surface area contributed by atoms with Gasteiger partial charge < -0.3 is 16.8 Å².